The predicted molar refractivity (Wildman–Crippen MR) is 73.0 cm³/mol. The minimum atomic E-state index is -3.12. The number of halogens is 1. The van der Waals surface area contributed by atoms with Crippen molar-refractivity contribution in [2.45, 2.75) is 11.8 Å². The molecule has 17 heavy (non-hydrogen) atoms. The van der Waals surface area contributed by atoms with Gasteiger partial charge in [0.05, 0.1) is 16.3 Å². The summed E-state index contributed by atoms with van der Waals surface area (Å²) in [5.74, 6) is 0.120. The summed E-state index contributed by atoms with van der Waals surface area (Å²) in [6, 6.07) is 6.82. The van der Waals surface area contributed by atoms with Gasteiger partial charge in [0.2, 0.25) is 0 Å². The van der Waals surface area contributed by atoms with Crippen molar-refractivity contribution >= 4 is 37.1 Å². The highest BCUT2D eigenvalue weighted by Crippen LogP contribution is 2.25. The molecule has 3 nitrogen and oxygen atoms in total. The summed E-state index contributed by atoms with van der Waals surface area (Å²) in [5, 5.41) is 1.92. The van der Waals surface area contributed by atoms with Gasteiger partial charge in [-0.25, -0.2) is 13.4 Å². The Hall–Kier alpha value is -0.720. The van der Waals surface area contributed by atoms with Crippen molar-refractivity contribution in [2.24, 2.45) is 0 Å². The molecular weight excluding hydrogens is 322 g/mol. The Morgan fingerprint density at radius 1 is 1.29 bits per heavy atom. The van der Waals surface area contributed by atoms with Crippen LogP contribution in [0.5, 0.6) is 0 Å². The van der Waals surface area contributed by atoms with Gasteiger partial charge in [0.15, 0.2) is 13.8 Å². The number of hydrogen-bond donors (Lipinski definition) is 0. The number of benzene rings is 1. The van der Waals surface area contributed by atoms with Crippen LogP contribution in [-0.4, -0.2) is 19.2 Å². The number of hydrogen-bond acceptors (Lipinski definition) is 4. The van der Waals surface area contributed by atoms with Crippen LogP contribution >= 0.6 is 27.3 Å². The highest BCUT2D eigenvalue weighted by molar-refractivity contribution is 9.11. The molecule has 0 spiro atoms. The van der Waals surface area contributed by atoms with Crippen molar-refractivity contribution < 1.29 is 8.42 Å². The monoisotopic (exact) mass is 331 g/mol. The van der Waals surface area contributed by atoms with Crippen LogP contribution < -0.4 is 0 Å². The predicted octanol–water partition coefficient (Wildman–Crippen LogP) is 3.37. The van der Waals surface area contributed by atoms with E-state index in [0.29, 0.717) is 4.90 Å². The van der Waals surface area contributed by atoms with E-state index in [1.807, 2.05) is 5.38 Å². The summed E-state index contributed by atoms with van der Waals surface area (Å²) >= 11 is 4.80. The first-order chi connectivity index (χ1) is 8.03. The van der Waals surface area contributed by atoms with E-state index in [4.69, 9.17) is 0 Å². The SMILES string of the molecule is CCS(=O)(=O)c1ccc(-c2csc(Br)n2)cc1. The molecular formula is C11H10BrNO2S2. The lowest BCUT2D eigenvalue weighted by atomic mass is 10.2. The van der Waals surface area contributed by atoms with Gasteiger partial charge in [-0.05, 0) is 28.1 Å². The fraction of sp³-hybridized carbons (Fsp3) is 0.182. The molecule has 0 amide bonds. The summed E-state index contributed by atoms with van der Waals surface area (Å²) < 4.78 is 24.1. The van der Waals surface area contributed by atoms with Crippen molar-refractivity contribution in [3.63, 3.8) is 0 Å². The summed E-state index contributed by atoms with van der Waals surface area (Å²) in [6.45, 7) is 1.64. The smallest absolute Gasteiger partial charge is 0.178 e. The third-order valence-corrected chi connectivity index (χ3v) is 5.48. The van der Waals surface area contributed by atoms with E-state index >= 15 is 0 Å². The third-order valence-electron chi connectivity index (χ3n) is 2.37. The maximum Gasteiger partial charge on any atom is 0.178 e. The zero-order chi connectivity index (χ0) is 12.5. The first-order valence-electron chi connectivity index (χ1n) is 4.97. The molecule has 0 saturated heterocycles. The van der Waals surface area contributed by atoms with Gasteiger partial charge in [-0.3, -0.25) is 0 Å². The summed E-state index contributed by atoms with van der Waals surface area (Å²) in [7, 11) is -3.12. The summed E-state index contributed by atoms with van der Waals surface area (Å²) in [4.78, 5) is 4.64. The topological polar surface area (TPSA) is 47.0 Å². The Kier molecular flexibility index (Phi) is 3.65. The molecule has 6 heteroatoms. The maximum atomic E-state index is 11.6. The van der Waals surface area contributed by atoms with Gasteiger partial charge in [-0.1, -0.05) is 19.1 Å². The quantitative estimate of drug-likeness (QED) is 0.866. The minimum Gasteiger partial charge on any atom is -0.229 e. The van der Waals surface area contributed by atoms with Crippen LogP contribution in [0.25, 0.3) is 11.3 Å². The van der Waals surface area contributed by atoms with Crippen LogP contribution in [0.3, 0.4) is 0 Å². The lowest BCUT2D eigenvalue weighted by Gasteiger charge is -2.02. The minimum absolute atomic E-state index is 0.120. The third kappa shape index (κ3) is 2.75. The zero-order valence-corrected chi connectivity index (χ0v) is 12.3. The fourth-order valence-electron chi connectivity index (χ4n) is 1.38. The molecule has 0 saturated carbocycles. The number of aromatic nitrogens is 1. The standard InChI is InChI=1S/C11H10BrNO2S2/c1-2-17(14,15)9-5-3-8(4-6-9)10-7-16-11(12)13-10/h3-7H,2H2,1H3. The van der Waals surface area contributed by atoms with Gasteiger partial charge >= 0.3 is 0 Å². The van der Waals surface area contributed by atoms with Gasteiger partial charge in [0.25, 0.3) is 0 Å². The molecule has 0 unspecified atom stereocenters. The van der Waals surface area contributed by atoms with Crippen molar-refractivity contribution in [1.82, 2.24) is 4.98 Å². The van der Waals surface area contributed by atoms with Gasteiger partial charge in [-0.15, -0.1) is 11.3 Å². The molecule has 2 rings (SSSR count). The Morgan fingerprint density at radius 2 is 1.94 bits per heavy atom. The Labute approximate surface area is 113 Å². The first kappa shape index (κ1) is 12.7. The van der Waals surface area contributed by atoms with Crippen LogP contribution in [0.15, 0.2) is 38.5 Å². The second-order valence-corrected chi connectivity index (χ2v) is 7.83. The van der Waals surface area contributed by atoms with Crippen molar-refractivity contribution in [2.75, 3.05) is 5.75 Å². The van der Waals surface area contributed by atoms with Crippen LogP contribution in [-0.2, 0) is 9.84 Å². The Bertz CT molecular complexity index is 617. The van der Waals surface area contributed by atoms with Crippen molar-refractivity contribution in [1.29, 1.82) is 0 Å². The van der Waals surface area contributed by atoms with E-state index in [1.165, 1.54) is 11.3 Å². The number of rotatable bonds is 3. The van der Waals surface area contributed by atoms with E-state index in [0.717, 1.165) is 15.2 Å². The molecule has 0 fully saturated rings. The fourth-order valence-corrected chi connectivity index (χ4v) is 3.29. The summed E-state index contributed by atoms with van der Waals surface area (Å²) in [5.41, 5.74) is 1.77. The Balaban J connectivity index is 2.37. The normalized spacial score (nSPS) is 11.6. The lowest BCUT2D eigenvalue weighted by molar-refractivity contribution is 0.597. The Morgan fingerprint density at radius 3 is 2.41 bits per heavy atom. The second kappa shape index (κ2) is 4.88. The van der Waals surface area contributed by atoms with Crippen LogP contribution in [0.4, 0.5) is 0 Å². The van der Waals surface area contributed by atoms with Gasteiger partial charge in [-0.2, -0.15) is 0 Å². The lowest BCUT2D eigenvalue weighted by Crippen LogP contribution is -2.03. The van der Waals surface area contributed by atoms with Gasteiger partial charge in [0, 0.05) is 10.9 Å². The average molecular weight is 332 g/mol. The first-order valence-corrected chi connectivity index (χ1v) is 8.29. The van der Waals surface area contributed by atoms with Gasteiger partial charge in [0.1, 0.15) is 0 Å². The van der Waals surface area contributed by atoms with E-state index in [9.17, 15) is 8.42 Å². The number of nitrogens with zero attached hydrogens (tertiary/aromatic N) is 1. The largest absolute Gasteiger partial charge is 0.229 e. The van der Waals surface area contributed by atoms with E-state index < -0.39 is 9.84 Å². The number of sulfone groups is 1. The highest BCUT2D eigenvalue weighted by Gasteiger charge is 2.11. The molecule has 0 N–H and O–H groups in total. The maximum absolute atomic E-state index is 11.6. The van der Waals surface area contributed by atoms with Gasteiger partial charge < -0.3 is 0 Å². The average Bonchev–Trinajstić information content (AvgIpc) is 2.76. The van der Waals surface area contributed by atoms with E-state index in [-0.39, 0.29) is 5.75 Å². The zero-order valence-electron chi connectivity index (χ0n) is 9.05. The molecule has 1 aromatic carbocycles. The van der Waals surface area contributed by atoms with Crippen LogP contribution in [0, 0.1) is 0 Å². The molecule has 0 radical (unpaired) electrons. The molecule has 90 valence electrons. The molecule has 0 aliphatic heterocycles. The molecule has 0 atom stereocenters. The summed E-state index contributed by atoms with van der Waals surface area (Å²) in [6.07, 6.45) is 0. The molecule has 1 aromatic heterocycles. The molecule has 1 heterocycles. The van der Waals surface area contributed by atoms with E-state index in [2.05, 4.69) is 20.9 Å². The molecule has 2 aromatic rings. The van der Waals surface area contributed by atoms with Crippen molar-refractivity contribution in [3.8, 4) is 11.3 Å². The van der Waals surface area contributed by atoms with E-state index in [1.54, 1.807) is 31.2 Å². The highest BCUT2D eigenvalue weighted by atomic mass is 79.9. The second-order valence-electron chi connectivity index (χ2n) is 3.41. The number of thiazole rings is 1. The van der Waals surface area contributed by atoms with Crippen molar-refractivity contribution in [3.05, 3.63) is 33.6 Å². The molecule has 0 aliphatic carbocycles. The molecule has 0 bridgehead atoms. The molecule has 0 aliphatic rings. The van der Waals surface area contributed by atoms with Crippen LogP contribution in [0.1, 0.15) is 6.92 Å². The van der Waals surface area contributed by atoms with Crippen LogP contribution in [0.2, 0.25) is 0 Å².